The highest BCUT2D eigenvalue weighted by Crippen LogP contribution is 2.35. The molecule has 3 heteroatoms. The first-order chi connectivity index (χ1) is 9.25. The van der Waals surface area contributed by atoms with Crippen molar-refractivity contribution in [3.05, 3.63) is 23.8 Å². The fourth-order valence-corrected chi connectivity index (χ4v) is 4.11. The van der Waals surface area contributed by atoms with Crippen LogP contribution in [-0.2, 0) is 6.42 Å². The molecule has 0 spiro atoms. The smallest absolute Gasteiger partial charge is 0.121 e. The molecule has 19 heavy (non-hydrogen) atoms. The predicted octanol–water partition coefficient (Wildman–Crippen LogP) is 3.96. The van der Waals surface area contributed by atoms with Crippen LogP contribution in [-0.4, -0.2) is 24.7 Å². The molecule has 0 aromatic heterocycles. The SMILES string of the molecule is CC1(COc2ccc3c(c2)NCCC3)CCCSC1. The van der Waals surface area contributed by atoms with Crippen LogP contribution in [0, 0.1) is 5.41 Å². The minimum Gasteiger partial charge on any atom is -0.493 e. The van der Waals surface area contributed by atoms with Gasteiger partial charge in [0.15, 0.2) is 0 Å². The van der Waals surface area contributed by atoms with E-state index < -0.39 is 0 Å². The van der Waals surface area contributed by atoms with Gasteiger partial charge in [-0.1, -0.05) is 13.0 Å². The Morgan fingerprint density at radius 2 is 2.32 bits per heavy atom. The third-order valence-electron chi connectivity index (χ3n) is 4.13. The highest BCUT2D eigenvalue weighted by molar-refractivity contribution is 7.99. The lowest BCUT2D eigenvalue weighted by atomic mass is 9.88. The summed E-state index contributed by atoms with van der Waals surface area (Å²) in [5.41, 5.74) is 3.05. The van der Waals surface area contributed by atoms with Crippen molar-refractivity contribution < 1.29 is 4.74 Å². The summed E-state index contributed by atoms with van der Waals surface area (Å²) in [5.74, 6) is 3.57. The molecule has 0 bridgehead atoms. The monoisotopic (exact) mass is 277 g/mol. The number of hydrogen-bond acceptors (Lipinski definition) is 3. The lowest BCUT2D eigenvalue weighted by molar-refractivity contribution is 0.170. The van der Waals surface area contributed by atoms with E-state index in [4.69, 9.17) is 4.74 Å². The maximum absolute atomic E-state index is 6.06. The van der Waals surface area contributed by atoms with Gasteiger partial charge in [0.25, 0.3) is 0 Å². The molecule has 1 aromatic carbocycles. The second kappa shape index (κ2) is 5.66. The maximum atomic E-state index is 6.06. The molecule has 1 atom stereocenters. The average Bonchev–Trinajstić information content (AvgIpc) is 2.46. The molecule has 2 heterocycles. The molecule has 0 aliphatic carbocycles. The topological polar surface area (TPSA) is 21.3 Å². The van der Waals surface area contributed by atoms with Crippen molar-refractivity contribution >= 4 is 17.4 Å². The van der Waals surface area contributed by atoms with E-state index in [-0.39, 0.29) is 0 Å². The van der Waals surface area contributed by atoms with Crippen LogP contribution in [0.5, 0.6) is 5.75 Å². The molecule has 1 saturated heterocycles. The lowest BCUT2D eigenvalue weighted by Gasteiger charge is -2.32. The van der Waals surface area contributed by atoms with Gasteiger partial charge in [-0.05, 0) is 43.1 Å². The van der Waals surface area contributed by atoms with Crippen molar-refractivity contribution in [3.8, 4) is 5.75 Å². The lowest BCUT2D eigenvalue weighted by Crippen LogP contribution is -2.30. The van der Waals surface area contributed by atoms with E-state index >= 15 is 0 Å². The van der Waals surface area contributed by atoms with Crippen LogP contribution in [0.2, 0.25) is 0 Å². The third kappa shape index (κ3) is 3.19. The van der Waals surface area contributed by atoms with E-state index in [1.807, 2.05) is 0 Å². The molecule has 104 valence electrons. The minimum absolute atomic E-state index is 0.353. The number of benzene rings is 1. The fraction of sp³-hybridized carbons (Fsp3) is 0.625. The maximum Gasteiger partial charge on any atom is 0.121 e. The first-order valence-electron chi connectivity index (χ1n) is 7.33. The van der Waals surface area contributed by atoms with Gasteiger partial charge >= 0.3 is 0 Å². The van der Waals surface area contributed by atoms with Gasteiger partial charge in [-0.25, -0.2) is 0 Å². The number of anilines is 1. The summed E-state index contributed by atoms with van der Waals surface area (Å²) in [6.07, 6.45) is 5.05. The Labute approximate surface area is 120 Å². The molecule has 1 unspecified atom stereocenters. The quantitative estimate of drug-likeness (QED) is 0.903. The zero-order chi connectivity index (χ0) is 13.1. The summed E-state index contributed by atoms with van der Waals surface area (Å²) in [7, 11) is 0. The van der Waals surface area contributed by atoms with Gasteiger partial charge in [0.2, 0.25) is 0 Å². The summed E-state index contributed by atoms with van der Waals surface area (Å²) < 4.78 is 6.06. The summed E-state index contributed by atoms with van der Waals surface area (Å²) in [6.45, 7) is 4.29. The van der Waals surface area contributed by atoms with Crippen LogP contribution in [0.15, 0.2) is 18.2 Å². The highest BCUT2D eigenvalue weighted by Gasteiger charge is 2.28. The average molecular weight is 277 g/mol. The Morgan fingerprint density at radius 3 is 3.16 bits per heavy atom. The zero-order valence-electron chi connectivity index (χ0n) is 11.7. The van der Waals surface area contributed by atoms with Crippen molar-refractivity contribution in [1.29, 1.82) is 0 Å². The number of rotatable bonds is 3. The molecule has 1 N–H and O–H groups in total. The minimum atomic E-state index is 0.353. The summed E-state index contributed by atoms with van der Waals surface area (Å²) in [6, 6.07) is 6.52. The molecular weight excluding hydrogens is 254 g/mol. The molecule has 1 fully saturated rings. The molecule has 0 saturated carbocycles. The number of nitrogens with one attached hydrogen (secondary N) is 1. The Hall–Kier alpha value is -0.830. The van der Waals surface area contributed by atoms with Gasteiger partial charge < -0.3 is 10.1 Å². The van der Waals surface area contributed by atoms with Crippen LogP contribution >= 0.6 is 11.8 Å². The molecule has 0 radical (unpaired) electrons. The molecular formula is C16H23NOS. The van der Waals surface area contributed by atoms with Crippen molar-refractivity contribution in [2.45, 2.75) is 32.6 Å². The van der Waals surface area contributed by atoms with Crippen molar-refractivity contribution in [2.24, 2.45) is 5.41 Å². The van der Waals surface area contributed by atoms with Crippen LogP contribution in [0.1, 0.15) is 31.7 Å². The van der Waals surface area contributed by atoms with Crippen LogP contribution in [0.4, 0.5) is 5.69 Å². The Kier molecular flexibility index (Phi) is 3.92. The van der Waals surface area contributed by atoms with Gasteiger partial charge in [-0.15, -0.1) is 0 Å². The molecule has 1 aromatic rings. The number of aryl methyl sites for hydroxylation is 1. The first-order valence-corrected chi connectivity index (χ1v) is 8.48. The number of ether oxygens (including phenoxy) is 1. The number of fused-ring (bicyclic) bond motifs is 1. The zero-order valence-corrected chi connectivity index (χ0v) is 12.5. The van der Waals surface area contributed by atoms with E-state index in [9.17, 15) is 0 Å². The molecule has 2 aliphatic rings. The largest absolute Gasteiger partial charge is 0.493 e. The number of thioether (sulfide) groups is 1. The van der Waals surface area contributed by atoms with E-state index in [1.54, 1.807) is 0 Å². The van der Waals surface area contributed by atoms with E-state index in [1.165, 1.54) is 48.4 Å². The molecule has 2 nitrogen and oxygen atoms in total. The van der Waals surface area contributed by atoms with Gasteiger partial charge in [-0.3, -0.25) is 0 Å². The van der Waals surface area contributed by atoms with Gasteiger partial charge in [0.1, 0.15) is 5.75 Å². The molecule has 2 aliphatic heterocycles. The van der Waals surface area contributed by atoms with Crippen molar-refractivity contribution in [1.82, 2.24) is 0 Å². The first kappa shape index (κ1) is 13.2. The molecule has 0 amide bonds. The van der Waals surface area contributed by atoms with E-state index in [2.05, 4.69) is 42.2 Å². The van der Waals surface area contributed by atoms with Gasteiger partial charge in [0, 0.05) is 29.5 Å². The second-order valence-corrected chi connectivity index (χ2v) is 7.21. The summed E-state index contributed by atoms with van der Waals surface area (Å²) in [5, 5.41) is 3.47. The van der Waals surface area contributed by atoms with Crippen LogP contribution < -0.4 is 10.1 Å². The predicted molar refractivity (Wildman–Crippen MR) is 83.4 cm³/mol. The Balaban J connectivity index is 1.63. The van der Waals surface area contributed by atoms with Crippen molar-refractivity contribution in [2.75, 3.05) is 30.0 Å². The van der Waals surface area contributed by atoms with Crippen molar-refractivity contribution in [3.63, 3.8) is 0 Å². The normalized spacial score (nSPS) is 26.4. The van der Waals surface area contributed by atoms with E-state index in [0.29, 0.717) is 5.41 Å². The third-order valence-corrected chi connectivity index (χ3v) is 5.60. The van der Waals surface area contributed by atoms with Crippen LogP contribution in [0.3, 0.4) is 0 Å². The summed E-state index contributed by atoms with van der Waals surface area (Å²) in [4.78, 5) is 0. The van der Waals surface area contributed by atoms with Gasteiger partial charge in [0.05, 0.1) is 6.61 Å². The van der Waals surface area contributed by atoms with Gasteiger partial charge in [-0.2, -0.15) is 11.8 Å². The standard InChI is InChI=1S/C16H23NOS/c1-16(7-3-9-19-12-16)11-18-14-6-5-13-4-2-8-17-15(13)10-14/h5-6,10,17H,2-4,7-9,11-12H2,1H3. The second-order valence-electron chi connectivity index (χ2n) is 6.10. The Morgan fingerprint density at radius 1 is 1.37 bits per heavy atom. The Bertz CT molecular complexity index is 440. The fourth-order valence-electron chi connectivity index (χ4n) is 2.89. The highest BCUT2D eigenvalue weighted by atomic mass is 32.2. The van der Waals surface area contributed by atoms with Crippen LogP contribution in [0.25, 0.3) is 0 Å². The van der Waals surface area contributed by atoms with E-state index in [0.717, 1.165) is 18.9 Å². The number of hydrogen-bond donors (Lipinski definition) is 1. The summed E-state index contributed by atoms with van der Waals surface area (Å²) >= 11 is 2.07. The molecule has 3 rings (SSSR count).